The van der Waals surface area contributed by atoms with E-state index in [1.165, 1.54) is 30.2 Å². The van der Waals surface area contributed by atoms with Crippen molar-refractivity contribution in [3.05, 3.63) is 74.9 Å². The SMILES string of the molecule is COC(=O)c1c(-c2ccc(C)cc2)csc1NC(=O)CSc1nnc(COc2cc(C)c(Cl)c(C)c2)n1C. The zero-order valence-electron chi connectivity index (χ0n) is 21.6. The molecule has 0 spiro atoms. The van der Waals surface area contributed by atoms with Gasteiger partial charge >= 0.3 is 5.97 Å². The van der Waals surface area contributed by atoms with Gasteiger partial charge in [-0.25, -0.2) is 4.79 Å². The molecule has 38 heavy (non-hydrogen) atoms. The van der Waals surface area contributed by atoms with E-state index >= 15 is 0 Å². The van der Waals surface area contributed by atoms with Crippen molar-refractivity contribution < 1.29 is 19.1 Å². The fourth-order valence-electron chi connectivity index (χ4n) is 3.73. The number of thiophene rings is 1. The highest BCUT2D eigenvalue weighted by Crippen LogP contribution is 2.36. The molecule has 0 aliphatic heterocycles. The number of anilines is 1. The van der Waals surface area contributed by atoms with Crippen LogP contribution >= 0.6 is 34.7 Å². The Hall–Kier alpha value is -3.34. The molecule has 0 fully saturated rings. The van der Waals surface area contributed by atoms with Gasteiger partial charge in [-0.15, -0.1) is 21.5 Å². The van der Waals surface area contributed by atoms with Crippen molar-refractivity contribution >= 4 is 51.6 Å². The van der Waals surface area contributed by atoms with Gasteiger partial charge < -0.3 is 19.4 Å². The largest absolute Gasteiger partial charge is 0.486 e. The Labute approximate surface area is 234 Å². The third-order valence-corrected chi connectivity index (χ3v) is 8.34. The van der Waals surface area contributed by atoms with Crippen LogP contribution in [0.5, 0.6) is 5.75 Å². The Morgan fingerprint density at radius 3 is 2.45 bits per heavy atom. The lowest BCUT2D eigenvalue weighted by molar-refractivity contribution is -0.113. The van der Waals surface area contributed by atoms with E-state index in [0.717, 1.165) is 27.3 Å². The number of carbonyl (C=O) groups excluding carboxylic acids is 2. The molecule has 198 valence electrons. The summed E-state index contributed by atoms with van der Waals surface area (Å²) in [4.78, 5) is 25.4. The van der Waals surface area contributed by atoms with Crippen molar-refractivity contribution in [3.63, 3.8) is 0 Å². The average Bonchev–Trinajstić information content (AvgIpc) is 3.47. The fourth-order valence-corrected chi connectivity index (χ4v) is 5.54. The van der Waals surface area contributed by atoms with Gasteiger partial charge in [0.1, 0.15) is 22.9 Å². The number of hydrogen-bond acceptors (Lipinski definition) is 8. The third kappa shape index (κ3) is 6.20. The first-order valence-electron chi connectivity index (χ1n) is 11.6. The van der Waals surface area contributed by atoms with Crippen LogP contribution in [0.15, 0.2) is 46.9 Å². The van der Waals surface area contributed by atoms with Crippen LogP contribution in [0.2, 0.25) is 5.02 Å². The van der Waals surface area contributed by atoms with Gasteiger partial charge in [0.25, 0.3) is 0 Å². The number of rotatable bonds is 9. The van der Waals surface area contributed by atoms with Crippen LogP contribution < -0.4 is 10.1 Å². The molecule has 4 aromatic rings. The second kappa shape index (κ2) is 12.0. The molecular weight excluding hydrogens is 544 g/mol. The topological polar surface area (TPSA) is 95.3 Å². The molecule has 0 aliphatic carbocycles. The van der Waals surface area contributed by atoms with Gasteiger partial charge in [-0.3, -0.25) is 4.79 Å². The molecule has 11 heteroatoms. The summed E-state index contributed by atoms with van der Waals surface area (Å²) in [5.74, 6) is 0.621. The summed E-state index contributed by atoms with van der Waals surface area (Å²) in [6.07, 6.45) is 0. The number of nitrogens with zero attached hydrogens (tertiary/aromatic N) is 3. The fraction of sp³-hybridized carbons (Fsp3) is 0.259. The molecule has 0 radical (unpaired) electrons. The van der Waals surface area contributed by atoms with Gasteiger partial charge in [-0.2, -0.15) is 0 Å². The monoisotopic (exact) mass is 570 g/mol. The number of ether oxygens (including phenoxy) is 2. The minimum atomic E-state index is -0.506. The number of thioether (sulfide) groups is 1. The molecule has 0 unspecified atom stereocenters. The second-order valence-corrected chi connectivity index (χ2v) is 10.9. The predicted molar refractivity (Wildman–Crippen MR) is 151 cm³/mol. The highest BCUT2D eigenvalue weighted by molar-refractivity contribution is 7.99. The lowest BCUT2D eigenvalue weighted by Gasteiger charge is -2.10. The number of benzene rings is 2. The summed E-state index contributed by atoms with van der Waals surface area (Å²) in [5.41, 5.74) is 4.92. The van der Waals surface area contributed by atoms with E-state index in [1.807, 2.05) is 69.6 Å². The lowest BCUT2D eigenvalue weighted by Crippen LogP contribution is -2.16. The molecule has 2 aromatic heterocycles. The van der Waals surface area contributed by atoms with Crippen molar-refractivity contribution in [2.75, 3.05) is 18.2 Å². The van der Waals surface area contributed by atoms with Crippen LogP contribution in [0.3, 0.4) is 0 Å². The van der Waals surface area contributed by atoms with Crippen LogP contribution in [0, 0.1) is 20.8 Å². The first-order chi connectivity index (χ1) is 18.2. The van der Waals surface area contributed by atoms with Crippen LogP contribution in [0.4, 0.5) is 5.00 Å². The van der Waals surface area contributed by atoms with E-state index in [2.05, 4.69) is 15.5 Å². The molecule has 2 heterocycles. The van der Waals surface area contributed by atoms with Crippen LogP contribution in [0.1, 0.15) is 32.9 Å². The molecule has 0 saturated heterocycles. The van der Waals surface area contributed by atoms with Crippen LogP contribution in [0.25, 0.3) is 11.1 Å². The summed E-state index contributed by atoms with van der Waals surface area (Å²) in [6, 6.07) is 11.6. The molecule has 1 amide bonds. The van der Waals surface area contributed by atoms with E-state index < -0.39 is 5.97 Å². The molecule has 8 nitrogen and oxygen atoms in total. The Balaban J connectivity index is 1.40. The number of esters is 1. The van der Waals surface area contributed by atoms with Crippen molar-refractivity contribution in [2.24, 2.45) is 7.05 Å². The standard InChI is InChI=1S/C27H27ClN4O4S2/c1-15-6-8-18(9-7-15)20-13-37-25(23(20)26(34)35-5)29-22(33)14-38-27-31-30-21(32(27)4)12-36-19-10-16(2)24(28)17(3)11-19/h6-11,13H,12,14H2,1-5H3,(H,29,33). The number of methoxy groups -OCH3 is 1. The van der Waals surface area contributed by atoms with Gasteiger partial charge in [0.2, 0.25) is 5.91 Å². The number of halogens is 1. The summed E-state index contributed by atoms with van der Waals surface area (Å²) in [7, 11) is 3.14. The minimum Gasteiger partial charge on any atom is -0.486 e. The van der Waals surface area contributed by atoms with E-state index in [4.69, 9.17) is 21.1 Å². The number of hydrogen-bond donors (Lipinski definition) is 1. The van der Waals surface area contributed by atoms with Crippen LogP contribution in [-0.2, 0) is 23.2 Å². The third-order valence-electron chi connectivity index (χ3n) is 5.83. The molecule has 0 atom stereocenters. The highest BCUT2D eigenvalue weighted by Gasteiger charge is 2.23. The predicted octanol–water partition coefficient (Wildman–Crippen LogP) is 6.22. The van der Waals surface area contributed by atoms with Crippen molar-refractivity contribution in [1.82, 2.24) is 14.8 Å². The lowest BCUT2D eigenvalue weighted by atomic mass is 10.0. The zero-order valence-corrected chi connectivity index (χ0v) is 24.0. The van der Waals surface area contributed by atoms with E-state index in [1.54, 1.807) is 4.57 Å². The maximum Gasteiger partial charge on any atom is 0.341 e. The normalized spacial score (nSPS) is 10.9. The van der Waals surface area contributed by atoms with Crippen molar-refractivity contribution in [3.8, 4) is 16.9 Å². The summed E-state index contributed by atoms with van der Waals surface area (Å²) in [6.45, 7) is 6.07. The molecule has 2 aromatic carbocycles. The zero-order chi connectivity index (χ0) is 27.4. The Morgan fingerprint density at radius 2 is 1.79 bits per heavy atom. The van der Waals surface area contributed by atoms with E-state index in [-0.39, 0.29) is 18.3 Å². The smallest absolute Gasteiger partial charge is 0.341 e. The summed E-state index contributed by atoms with van der Waals surface area (Å²) in [5, 5.41) is 14.8. The summed E-state index contributed by atoms with van der Waals surface area (Å²) < 4.78 is 12.7. The number of aryl methyl sites for hydroxylation is 3. The maximum absolute atomic E-state index is 12.8. The first-order valence-corrected chi connectivity index (χ1v) is 13.9. The molecule has 0 saturated carbocycles. The van der Waals surface area contributed by atoms with Gasteiger partial charge in [-0.05, 0) is 49.6 Å². The van der Waals surface area contributed by atoms with Gasteiger partial charge in [0, 0.05) is 23.0 Å². The number of carbonyl (C=O) groups is 2. The number of aromatic nitrogens is 3. The highest BCUT2D eigenvalue weighted by atomic mass is 35.5. The first kappa shape index (κ1) is 27.7. The van der Waals surface area contributed by atoms with Crippen LogP contribution in [-0.4, -0.2) is 39.5 Å². The quantitative estimate of drug-likeness (QED) is 0.188. The number of amides is 1. The maximum atomic E-state index is 12.8. The Kier molecular flexibility index (Phi) is 8.76. The van der Waals surface area contributed by atoms with Crippen molar-refractivity contribution in [2.45, 2.75) is 32.5 Å². The van der Waals surface area contributed by atoms with Crippen molar-refractivity contribution in [1.29, 1.82) is 0 Å². The van der Waals surface area contributed by atoms with E-state index in [9.17, 15) is 9.59 Å². The molecule has 0 bridgehead atoms. The average molecular weight is 571 g/mol. The molecule has 0 aliphatic rings. The van der Waals surface area contributed by atoms with Gasteiger partial charge in [0.05, 0.1) is 12.9 Å². The van der Waals surface area contributed by atoms with E-state index in [0.29, 0.717) is 32.9 Å². The number of nitrogens with one attached hydrogen (secondary N) is 1. The second-order valence-electron chi connectivity index (χ2n) is 8.67. The molecule has 1 N–H and O–H groups in total. The molecular formula is C27H27ClN4O4S2. The molecule has 4 rings (SSSR count). The van der Waals surface area contributed by atoms with Gasteiger partial charge in [-0.1, -0.05) is 53.2 Å². The Bertz CT molecular complexity index is 1460. The Morgan fingerprint density at radius 1 is 1.11 bits per heavy atom. The summed E-state index contributed by atoms with van der Waals surface area (Å²) >= 11 is 8.76. The van der Waals surface area contributed by atoms with Gasteiger partial charge in [0.15, 0.2) is 11.0 Å². The minimum absolute atomic E-state index is 0.0841.